The van der Waals surface area contributed by atoms with Crippen molar-refractivity contribution in [2.24, 2.45) is 0 Å². The van der Waals surface area contributed by atoms with Gasteiger partial charge in [0.2, 0.25) is 5.91 Å². The molecule has 2 aromatic heterocycles. The molecule has 6 nitrogen and oxygen atoms in total. The van der Waals surface area contributed by atoms with Crippen LogP contribution in [0.1, 0.15) is 25.7 Å². The Morgan fingerprint density at radius 3 is 2.86 bits per heavy atom. The molecule has 148 valence electrons. The molecule has 2 aliphatic rings. The number of anilines is 1. The van der Waals surface area contributed by atoms with Gasteiger partial charge in [0.15, 0.2) is 0 Å². The summed E-state index contributed by atoms with van der Waals surface area (Å²) in [5, 5.41) is 9.24. The van der Waals surface area contributed by atoms with Crippen LogP contribution in [0.5, 0.6) is 0 Å². The molecule has 0 aromatic carbocycles. The fourth-order valence-corrected chi connectivity index (χ4v) is 5.88. The third-order valence-corrected chi connectivity index (χ3v) is 8.36. The molecule has 3 heterocycles. The Hall–Kier alpha value is -2.03. The fraction of sp³-hybridized carbons (Fsp3) is 0.450. The molecule has 1 N–H and O–H groups in total. The number of thiophene rings is 1. The van der Waals surface area contributed by atoms with Gasteiger partial charge in [0.1, 0.15) is 17.4 Å². The molecular weight excluding hydrogens is 392 g/mol. The van der Waals surface area contributed by atoms with E-state index in [9.17, 15) is 14.7 Å². The van der Waals surface area contributed by atoms with Crippen LogP contribution in [-0.4, -0.2) is 43.4 Å². The van der Waals surface area contributed by atoms with E-state index in [2.05, 4.69) is 24.6 Å². The minimum Gasteiger partial charge on any atom is -0.477 e. The Labute approximate surface area is 169 Å². The number of hydrogen-bond acceptors (Lipinski definition) is 5. The van der Waals surface area contributed by atoms with Crippen LogP contribution < -0.4 is 4.90 Å². The minimum absolute atomic E-state index is 0.00878. The van der Waals surface area contributed by atoms with E-state index in [0.717, 1.165) is 22.0 Å². The quantitative estimate of drug-likeness (QED) is 0.576. The molecule has 1 aliphatic heterocycles. The third-order valence-electron chi connectivity index (χ3n) is 5.49. The van der Waals surface area contributed by atoms with Gasteiger partial charge in [-0.2, -0.15) is 0 Å². The summed E-state index contributed by atoms with van der Waals surface area (Å²) >= 11 is 1.28. The number of hydrogen-bond donors (Lipinski definition) is 1. The topological polar surface area (TPSA) is 79.7 Å². The Morgan fingerprint density at radius 1 is 1.39 bits per heavy atom. The van der Waals surface area contributed by atoms with Crippen LogP contribution >= 0.6 is 11.3 Å². The molecule has 0 saturated carbocycles. The van der Waals surface area contributed by atoms with Crippen molar-refractivity contribution in [1.29, 1.82) is 0 Å². The zero-order chi connectivity index (χ0) is 20.1. The van der Waals surface area contributed by atoms with Crippen molar-refractivity contribution in [1.82, 2.24) is 4.98 Å². The zero-order valence-electron chi connectivity index (χ0n) is 16.3. The lowest BCUT2D eigenvalue weighted by Gasteiger charge is -2.24. The van der Waals surface area contributed by atoms with Crippen LogP contribution in [0, 0.1) is 0 Å². The molecular formula is C20H24N2O4SSi. The molecule has 0 fully saturated rings. The first-order valence-corrected chi connectivity index (χ1v) is 13.9. The molecule has 1 spiro atoms. The van der Waals surface area contributed by atoms with Gasteiger partial charge in [-0.1, -0.05) is 25.7 Å². The maximum absolute atomic E-state index is 13.5. The summed E-state index contributed by atoms with van der Waals surface area (Å²) in [4.78, 5) is 32.2. The predicted octanol–water partition coefficient (Wildman–Crippen LogP) is 3.54. The van der Waals surface area contributed by atoms with E-state index in [1.807, 2.05) is 12.1 Å². The van der Waals surface area contributed by atoms with Gasteiger partial charge in [0.25, 0.3) is 0 Å². The normalized spacial score (nSPS) is 20.7. The Balaban J connectivity index is 1.57. The highest BCUT2D eigenvalue weighted by atomic mass is 32.1. The summed E-state index contributed by atoms with van der Waals surface area (Å²) < 4.78 is 5.86. The smallest absolute Gasteiger partial charge is 0.345 e. The van der Waals surface area contributed by atoms with E-state index in [1.54, 1.807) is 17.2 Å². The number of carbonyl (C=O) groups excluding carboxylic acids is 1. The van der Waals surface area contributed by atoms with Crippen LogP contribution in [0.4, 0.5) is 5.82 Å². The van der Waals surface area contributed by atoms with E-state index in [4.69, 9.17) is 4.74 Å². The number of aromatic nitrogens is 1. The van der Waals surface area contributed by atoms with Crippen molar-refractivity contribution in [2.45, 2.75) is 43.9 Å². The maximum Gasteiger partial charge on any atom is 0.345 e. The van der Waals surface area contributed by atoms with Crippen LogP contribution in [0.2, 0.25) is 25.7 Å². The highest BCUT2D eigenvalue weighted by molar-refractivity contribution is 7.14. The van der Waals surface area contributed by atoms with Gasteiger partial charge in [-0.25, -0.2) is 9.78 Å². The van der Waals surface area contributed by atoms with E-state index in [0.29, 0.717) is 30.1 Å². The second kappa shape index (κ2) is 6.79. The molecule has 8 heteroatoms. The van der Waals surface area contributed by atoms with E-state index >= 15 is 0 Å². The summed E-state index contributed by atoms with van der Waals surface area (Å²) in [5.74, 6) is -0.228. The van der Waals surface area contributed by atoms with Gasteiger partial charge in [0, 0.05) is 37.7 Å². The Kier molecular flexibility index (Phi) is 4.68. The number of carboxylic acid groups (broad SMARTS) is 1. The van der Waals surface area contributed by atoms with Gasteiger partial charge in [-0.3, -0.25) is 9.69 Å². The molecule has 0 radical (unpaired) electrons. The number of fused-ring (bicyclic) bond motifs is 3. The average molecular weight is 417 g/mol. The lowest BCUT2D eigenvalue weighted by molar-refractivity contribution is -0.124. The monoisotopic (exact) mass is 416 g/mol. The van der Waals surface area contributed by atoms with Gasteiger partial charge in [0.05, 0.1) is 5.41 Å². The number of aromatic carboxylic acids is 1. The third kappa shape index (κ3) is 3.19. The molecule has 1 atom stereocenters. The Bertz CT molecular complexity index is 926. The second-order valence-electron chi connectivity index (χ2n) is 8.76. The van der Waals surface area contributed by atoms with E-state index in [-0.39, 0.29) is 12.6 Å². The average Bonchev–Trinajstić information content (AvgIpc) is 3.23. The van der Waals surface area contributed by atoms with Crippen molar-refractivity contribution in [3.05, 3.63) is 45.3 Å². The molecule has 0 saturated heterocycles. The van der Waals surface area contributed by atoms with Crippen molar-refractivity contribution in [3.8, 4) is 0 Å². The van der Waals surface area contributed by atoms with Gasteiger partial charge in [-0.05, 0) is 30.2 Å². The highest BCUT2D eigenvalue weighted by Crippen LogP contribution is 2.50. The molecule has 28 heavy (non-hydrogen) atoms. The minimum atomic E-state index is -1.19. The maximum atomic E-state index is 13.5. The Morgan fingerprint density at radius 2 is 2.18 bits per heavy atom. The summed E-state index contributed by atoms with van der Waals surface area (Å²) in [5.41, 5.74) is 1.21. The van der Waals surface area contributed by atoms with Crippen LogP contribution in [0.15, 0.2) is 24.4 Å². The van der Waals surface area contributed by atoms with Gasteiger partial charge in [-0.15, -0.1) is 11.3 Å². The molecule has 1 amide bonds. The zero-order valence-corrected chi connectivity index (χ0v) is 18.1. The fourth-order valence-electron chi connectivity index (χ4n) is 3.98. The molecule has 0 bridgehead atoms. The lowest BCUT2D eigenvalue weighted by atomic mass is 9.80. The van der Waals surface area contributed by atoms with Gasteiger partial charge >= 0.3 is 5.97 Å². The predicted molar refractivity (Wildman–Crippen MR) is 111 cm³/mol. The van der Waals surface area contributed by atoms with Crippen molar-refractivity contribution in [3.63, 3.8) is 0 Å². The molecule has 0 unspecified atom stereocenters. The summed E-state index contributed by atoms with van der Waals surface area (Å²) in [7, 11) is -1.19. The SMILES string of the molecule is C[Si](C)(C)CCOCN1C(=O)[C@@]2(Cc3cc(C(=O)O)sc3C2)c2cccnc21. The first-order valence-electron chi connectivity index (χ1n) is 9.41. The van der Waals surface area contributed by atoms with Gasteiger partial charge < -0.3 is 9.84 Å². The van der Waals surface area contributed by atoms with Crippen molar-refractivity contribution < 1.29 is 19.4 Å². The number of carboxylic acids is 1. The van der Waals surface area contributed by atoms with E-state index < -0.39 is 19.5 Å². The first-order chi connectivity index (χ1) is 13.2. The van der Waals surface area contributed by atoms with E-state index in [1.165, 1.54) is 11.3 Å². The second-order valence-corrected chi connectivity index (χ2v) is 15.5. The number of pyridine rings is 1. The summed E-state index contributed by atoms with van der Waals surface area (Å²) in [6.07, 6.45) is 2.76. The number of amides is 1. The lowest BCUT2D eigenvalue weighted by Crippen LogP contribution is -2.42. The number of ether oxygens (including phenoxy) is 1. The first kappa shape index (κ1) is 19.3. The molecule has 2 aromatic rings. The standard InChI is InChI=1S/C20H24N2O4SSi/c1-28(2,3)8-7-26-12-22-17-14(5-4-6-21-17)20(19(22)25)10-13-9-15(18(23)24)27-16(13)11-20/h4-6,9H,7-8,10-12H2,1-3H3,(H,23,24)/t20-/m1/s1. The molecule has 1 aliphatic carbocycles. The number of rotatable bonds is 6. The number of carbonyl (C=O) groups is 2. The van der Waals surface area contributed by atoms with Crippen LogP contribution in [0.3, 0.4) is 0 Å². The number of nitrogens with zero attached hydrogens (tertiary/aromatic N) is 2. The molecule has 4 rings (SSSR count). The summed E-state index contributed by atoms with van der Waals surface area (Å²) in [6, 6.07) is 6.59. The summed E-state index contributed by atoms with van der Waals surface area (Å²) in [6.45, 7) is 7.75. The van der Waals surface area contributed by atoms with Crippen LogP contribution in [0.25, 0.3) is 0 Å². The highest BCUT2D eigenvalue weighted by Gasteiger charge is 2.55. The van der Waals surface area contributed by atoms with Crippen molar-refractivity contribution >= 4 is 37.1 Å². The van der Waals surface area contributed by atoms with Crippen LogP contribution in [-0.2, 0) is 27.8 Å². The van der Waals surface area contributed by atoms with Crippen molar-refractivity contribution in [2.75, 3.05) is 18.2 Å². The largest absolute Gasteiger partial charge is 0.477 e.